The van der Waals surface area contributed by atoms with Crippen molar-refractivity contribution in [3.8, 4) is 23.0 Å². The first-order valence-corrected chi connectivity index (χ1v) is 13.9. The first-order valence-electron chi connectivity index (χ1n) is 13.9. The van der Waals surface area contributed by atoms with Gasteiger partial charge in [0, 0.05) is 6.61 Å². The molecular formula is C30H44O8. The minimum Gasteiger partial charge on any atom is -0.454 e. The standard InChI is InChI=1S/C22H26O5.C8H18O3/c1-3-5-15-7-19-21(26-13-24-19)9-17(15)11-23-12-18-10-22-20(25-14-27-22)8-16(18)6-4-2;1-2-3-5-10-7-8-11-6-4-9/h7-10H,3-6,11-14H2,1-2H3;9H,2-8H2,1H3. The summed E-state index contributed by atoms with van der Waals surface area (Å²) in [7, 11) is 0. The Bertz CT molecular complexity index is 886. The zero-order chi connectivity index (χ0) is 27.0. The van der Waals surface area contributed by atoms with Crippen LogP contribution in [0.15, 0.2) is 24.3 Å². The van der Waals surface area contributed by atoms with Gasteiger partial charge in [0.15, 0.2) is 23.0 Å². The average Bonchev–Trinajstić information content (AvgIpc) is 3.58. The van der Waals surface area contributed by atoms with E-state index < -0.39 is 0 Å². The van der Waals surface area contributed by atoms with Crippen LogP contribution in [-0.2, 0) is 40.3 Å². The van der Waals surface area contributed by atoms with E-state index in [4.69, 9.17) is 38.3 Å². The molecule has 0 amide bonds. The summed E-state index contributed by atoms with van der Waals surface area (Å²) in [6.07, 6.45) is 6.43. The van der Waals surface area contributed by atoms with Crippen molar-refractivity contribution in [3.63, 3.8) is 0 Å². The zero-order valence-corrected chi connectivity index (χ0v) is 23.2. The lowest BCUT2D eigenvalue weighted by atomic mass is 10.0. The van der Waals surface area contributed by atoms with Crippen LogP contribution >= 0.6 is 0 Å². The number of hydrogen-bond donors (Lipinski definition) is 1. The number of hydrogen-bond acceptors (Lipinski definition) is 8. The van der Waals surface area contributed by atoms with Gasteiger partial charge in [0.2, 0.25) is 13.6 Å². The van der Waals surface area contributed by atoms with Gasteiger partial charge in [-0.25, -0.2) is 0 Å². The van der Waals surface area contributed by atoms with Crippen LogP contribution in [0.2, 0.25) is 0 Å². The van der Waals surface area contributed by atoms with Crippen LogP contribution < -0.4 is 18.9 Å². The van der Waals surface area contributed by atoms with Gasteiger partial charge in [-0.15, -0.1) is 0 Å². The normalized spacial score (nSPS) is 12.9. The number of fused-ring (bicyclic) bond motifs is 2. The van der Waals surface area contributed by atoms with Crippen molar-refractivity contribution in [1.82, 2.24) is 0 Å². The Kier molecular flexibility index (Phi) is 13.5. The molecule has 0 aromatic heterocycles. The van der Waals surface area contributed by atoms with E-state index in [1.807, 2.05) is 0 Å². The lowest BCUT2D eigenvalue weighted by Crippen LogP contribution is -2.07. The zero-order valence-electron chi connectivity index (χ0n) is 23.2. The molecule has 8 heteroatoms. The number of aryl methyl sites for hydroxylation is 2. The second kappa shape index (κ2) is 17.1. The predicted octanol–water partition coefficient (Wildman–Crippen LogP) is 5.58. The van der Waals surface area contributed by atoms with Crippen molar-refractivity contribution in [2.24, 2.45) is 0 Å². The van der Waals surface area contributed by atoms with Gasteiger partial charge < -0.3 is 38.3 Å². The molecule has 0 bridgehead atoms. The number of aliphatic hydroxyl groups is 1. The first-order chi connectivity index (χ1) is 18.7. The molecule has 2 aromatic carbocycles. The molecule has 0 aliphatic carbocycles. The predicted molar refractivity (Wildman–Crippen MR) is 145 cm³/mol. The van der Waals surface area contributed by atoms with E-state index in [1.165, 1.54) is 22.3 Å². The van der Waals surface area contributed by atoms with Gasteiger partial charge in [0.25, 0.3) is 0 Å². The summed E-state index contributed by atoms with van der Waals surface area (Å²) >= 11 is 0. The van der Waals surface area contributed by atoms with Crippen LogP contribution in [0.1, 0.15) is 68.7 Å². The summed E-state index contributed by atoms with van der Waals surface area (Å²) in [4.78, 5) is 0. The van der Waals surface area contributed by atoms with E-state index >= 15 is 0 Å². The van der Waals surface area contributed by atoms with Crippen molar-refractivity contribution >= 4 is 0 Å². The summed E-state index contributed by atoms with van der Waals surface area (Å²) in [5.41, 5.74) is 4.86. The molecule has 0 atom stereocenters. The van der Waals surface area contributed by atoms with Crippen molar-refractivity contribution in [2.75, 3.05) is 46.6 Å². The monoisotopic (exact) mass is 532 g/mol. The van der Waals surface area contributed by atoms with E-state index in [-0.39, 0.29) is 6.61 Å². The van der Waals surface area contributed by atoms with E-state index in [9.17, 15) is 0 Å². The fraction of sp³-hybridized carbons (Fsp3) is 0.600. The van der Waals surface area contributed by atoms with Crippen LogP contribution in [0.25, 0.3) is 0 Å². The maximum absolute atomic E-state index is 8.34. The van der Waals surface area contributed by atoms with Crippen molar-refractivity contribution in [2.45, 2.75) is 72.5 Å². The lowest BCUT2D eigenvalue weighted by molar-refractivity contribution is 0.0324. The summed E-state index contributed by atoms with van der Waals surface area (Å²) < 4.78 is 38.4. The summed E-state index contributed by atoms with van der Waals surface area (Å²) in [5, 5.41) is 8.34. The fourth-order valence-corrected chi connectivity index (χ4v) is 4.23. The topological polar surface area (TPSA) is 84.8 Å². The van der Waals surface area contributed by atoms with Crippen LogP contribution in [0.4, 0.5) is 0 Å². The maximum Gasteiger partial charge on any atom is 0.231 e. The number of benzene rings is 2. The molecule has 2 aliphatic rings. The molecule has 38 heavy (non-hydrogen) atoms. The molecule has 2 heterocycles. The molecule has 0 unspecified atom stereocenters. The average molecular weight is 533 g/mol. The Balaban J connectivity index is 0.000000310. The molecule has 1 N–H and O–H groups in total. The highest BCUT2D eigenvalue weighted by molar-refractivity contribution is 5.49. The summed E-state index contributed by atoms with van der Waals surface area (Å²) in [6.45, 7) is 10.7. The lowest BCUT2D eigenvalue weighted by Gasteiger charge is -2.14. The van der Waals surface area contributed by atoms with Crippen LogP contribution in [-0.4, -0.2) is 51.7 Å². The SMILES string of the molecule is CCCCOCCOCCO.CCCc1cc2c(cc1COCc1cc3c(cc1CCC)OCO3)OCO2. The first kappa shape index (κ1) is 30.0. The molecular weight excluding hydrogens is 488 g/mol. The van der Waals surface area contributed by atoms with Gasteiger partial charge in [-0.2, -0.15) is 0 Å². The van der Waals surface area contributed by atoms with Gasteiger partial charge in [0.1, 0.15) is 0 Å². The molecule has 0 spiro atoms. The second-order valence-electron chi connectivity index (χ2n) is 9.24. The maximum atomic E-state index is 8.34. The van der Waals surface area contributed by atoms with Crippen molar-refractivity contribution in [1.29, 1.82) is 0 Å². The highest BCUT2D eigenvalue weighted by Gasteiger charge is 2.19. The van der Waals surface area contributed by atoms with Gasteiger partial charge >= 0.3 is 0 Å². The second-order valence-corrected chi connectivity index (χ2v) is 9.24. The van der Waals surface area contributed by atoms with E-state index in [2.05, 4.69) is 45.0 Å². The Labute approximate surface area is 227 Å². The van der Waals surface area contributed by atoms with Crippen LogP contribution in [0, 0.1) is 0 Å². The summed E-state index contributed by atoms with van der Waals surface area (Å²) in [6, 6.07) is 8.29. The molecule has 0 radical (unpaired) electrons. The molecule has 0 saturated carbocycles. The van der Waals surface area contributed by atoms with Crippen molar-refractivity contribution < 1.29 is 38.3 Å². The number of ether oxygens (including phenoxy) is 7. The molecule has 4 rings (SSSR count). The largest absolute Gasteiger partial charge is 0.454 e. The van der Waals surface area contributed by atoms with E-state index in [0.717, 1.165) is 68.1 Å². The van der Waals surface area contributed by atoms with Gasteiger partial charge in [0.05, 0.1) is 39.6 Å². The van der Waals surface area contributed by atoms with Gasteiger partial charge in [-0.3, -0.25) is 0 Å². The molecule has 2 aliphatic heterocycles. The Morgan fingerprint density at radius 2 is 1.03 bits per heavy atom. The highest BCUT2D eigenvalue weighted by atomic mass is 16.7. The van der Waals surface area contributed by atoms with E-state index in [0.29, 0.717) is 46.6 Å². The molecule has 8 nitrogen and oxygen atoms in total. The fourth-order valence-electron chi connectivity index (χ4n) is 4.23. The number of aliphatic hydroxyl groups excluding tert-OH is 1. The Morgan fingerprint density at radius 1 is 0.579 bits per heavy atom. The van der Waals surface area contributed by atoms with Crippen molar-refractivity contribution in [3.05, 3.63) is 46.5 Å². The number of unbranched alkanes of at least 4 members (excludes halogenated alkanes) is 1. The highest BCUT2D eigenvalue weighted by Crippen LogP contribution is 2.37. The minimum atomic E-state index is 0.0922. The molecule has 212 valence electrons. The quantitative estimate of drug-likeness (QED) is 0.281. The Morgan fingerprint density at radius 3 is 1.45 bits per heavy atom. The van der Waals surface area contributed by atoms with E-state index in [1.54, 1.807) is 0 Å². The third kappa shape index (κ3) is 9.34. The third-order valence-electron chi connectivity index (χ3n) is 6.19. The van der Waals surface area contributed by atoms with Gasteiger partial charge in [-0.1, -0.05) is 40.0 Å². The molecule has 0 saturated heterocycles. The number of rotatable bonds is 16. The molecule has 0 fully saturated rings. The van der Waals surface area contributed by atoms with Gasteiger partial charge in [-0.05, 0) is 65.8 Å². The minimum absolute atomic E-state index is 0.0922. The van der Waals surface area contributed by atoms with Crippen LogP contribution in [0.5, 0.6) is 23.0 Å². The smallest absolute Gasteiger partial charge is 0.231 e. The summed E-state index contributed by atoms with van der Waals surface area (Å²) in [5.74, 6) is 3.29. The third-order valence-corrected chi connectivity index (χ3v) is 6.19. The molecule has 2 aromatic rings. The van der Waals surface area contributed by atoms with Crippen LogP contribution in [0.3, 0.4) is 0 Å². The Hall–Kier alpha value is -2.52.